The topological polar surface area (TPSA) is 217 Å². The molecule has 96 heavy (non-hydrogen) atoms. The van der Waals surface area contributed by atoms with Crippen molar-refractivity contribution >= 4 is 173 Å². The molecular weight excluding hydrogens is 1520 g/mol. The van der Waals surface area contributed by atoms with Gasteiger partial charge in [0, 0.05) is 60.5 Å². The molecule has 6 aromatic carbocycles. The summed E-state index contributed by atoms with van der Waals surface area (Å²) >= 11 is 31.4. The molecule has 0 amide bonds. The zero-order chi connectivity index (χ0) is 66.8. The quantitative estimate of drug-likeness (QED) is 0.0449. The smallest absolute Gasteiger partial charge is 0.870 e. The maximum absolute atomic E-state index is 15.1. The van der Waals surface area contributed by atoms with Crippen LogP contribution in [-0.4, -0.2) is 83.5 Å². The van der Waals surface area contributed by atoms with E-state index in [-0.39, 0.29) is 100 Å². The molecular formula is C64H43BBr2Cl3F6LiN7O8S4. The number of carbonyl (C=O) groups excluding carboxylic acids is 2. The molecule has 0 saturated carbocycles. The summed E-state index contributed by atoms with van der Waals surface area (Å²) < 4.78 is 108. The third-order valence-electron chi connectivity index (χ3n) is 13.2. The van der Waals surface area contributed by atoms with Crippen molar-refractivity contribution in [3.05, 3.63) is 247 Å². The van der Waals surface area contributed by atoms with Gasteiger partial charge < -0.3 is 30.1 Å². The molecule has 15 nitrogen and oxygen atoms in total. The van der Waals surface area contributed by atoms with Crippen LogP contribution in [0.4, 0.5) is 26.3 Å². The summed E-state index contributed by atoms with van der Waals surface area (Å²) in [6, 6.07) is 32.9. The molecule has 0 bridgehead atoms. The Morgan fingerprint density at radius 1 is 0.531 bits per heavy atom. The molecule has 0 fully saturated rings. The van der Waals surface area contributed by atoms with E-state index in [4.69, 9.17) is 49.4 Å². The Bertz CT molecular complexity index is 4840. The number of esters is 2. The minimum absolute atomic E-state index is 0. The van der Waals surface area contributed by atoms with Gasteiger partial charge in [-0.3, -0.25) is 24.1 Å². The predicted octanol–water partition coefficient (Wildman–Crippen LogP) is 16.1. The SMILES string of the molecule is CCOC(=O)c1cccc(Sc2c(Br)n(-c3cccnc3)c3c(F)c(Cl)ccc23)c1F.CCOC(=O)c1cccc(Sc2cn(-c3cccnc3)c3c(F)c(Cl)ccc23)c1F.O.O=C(O)c1cccc(Sc2c(Br)n(-c3cccnc3)c3c(F)c(Cl)ccc23)c1F.[B]=NS.[Li+].[OH-]. The third kappa shape index (κ3) is 16.7. The van der Waals surface area contributed by atoms with Gasteiger partial charge in [0.1, 0.15) is 9.21 Å². The molecule has 0 spiro atoms. The Balaban J connectivity index is 0.000000220. The summed E-state index contributed by atoms with van der Waals surface area (Å²) in [5.41, 5.74) is 1.78. The number of fused-ring (bicyclic) bond motifs is 3. The van der Waals surface area contributed by atoms with Gasteiger partial charge in [-0.1, -0.05) is 88.3 Å². The van der Waals surface area contributed by atoms with Crippen molar-refractivity contribution < 1.29 is 85.1 Å². The molecule has 0 atom stereocenters. The van der Waals surface area contributed by atoms with E-state index in [1.54, 1.807) is 150 Å². The molecule has 12 rings (SSSR count). The number of ether oxygens (including phenoxy) is 2. The molecule has 487 valence electrons. The molecule has 0 saturated heterocycles. The van der Waals surface area contributed by atoms with E-state index in [0.29, 0.717) is 57.1 Å². The molecule has 0 aliphatic carbocycles. The summed E-state index contributed by atoms with van der Waals surface area (Å²) in [7, 11) is 4.34. The van der Waals surface area contributed by atoms with Crippen LogP contribution in [0.2, 0.25) is 15.1 Å². The number of carbonyl (C=O) groups is 3. The number of hydrogen-bond acceptors (Lipinski definition) is 14. The van der Waals surface area contributed by atoms with Crippen LogP contribution in [-0.2, 0) is 9.47 Å². The van der Waals surface area contributed by atoms with Crippen LogP contribution in [0.15, 0.2) is 214 Å². The van der Waals surface area contributed by atoms with E-state index in [9.17, 15) is 31.9 Å². The molecule has 0 aliphatic heterocycles. The Morgan fingerprint density at radius 3 is 1.26 bits per heavy atom. The average Bonchev–Trinajstić information content (AvgIpc) is 1.61. The molecule has 1 radical (unpaired) electrons. The van der Waals surface area contributed by atoms with E-state index in [1.807, 2.05) is 0 Å². The fourth-order valence-electron chi connectivity index (χ4n) is 9.17. The largest absolute Gasteiger partial charge is 1.00 e. The van der Waals surface area contributed by atoms with E-state index in [1.165, 1.54) is 48.5 Å². The normalized spacial score (nSPS) is 10.6. The number of thiol groups is 1. The Morgan fingerprint density at radius 2 is 0.885 bits per heavy atom. The fraction of sp³-hybridized carbons (Fsp3) is 0.0625. The van der Waals surface area contributed by atoms with Gasteiger partial charge in [-0.15, -0.1) is 0 Å². The first kappa shape index (κ1) is 78.0. The van der Waals surface area contributed by atoms with E-state index in [0.717, 1.165) is 35.3 Å². The molecule has 12 aromatic rings. The van der Waals surface area contributed by atoms with Crippen molar-refractivity contribution in [2.45, 2.75) is 43.2 Å². The number of rotatable bonds is 14. The first-order chi connectivity index (χ1) is 44.8. The number of aromatic carboxylic acids is 1. The number of hydrogen-bond donors (Lipinski definition) is 2. The first-order valence-electron chi connectivity index (χ1n) is 26.8. The Labute approximate surface area is 606 Å². The van der Waals surface area contributed by atoms with Crippen LogP contribution in [0.25, 0.3) is 49.8 Å². The number of pyridine rings is 3. The number of carboxylic acids is 1. The van der Waals surface area contributed by atoms with Gasteiger partial charge in [0.2, 0.25) is 0 Å². The average molecular weight is 1560 g/mol. The van der Waals surface area contributed by atoms with Crippen molar-refractivity contribution in [3.63, 3.8) is 0 Å². The Kier molecular flexibility index (Phi) is 28.8. The molecule has 0 unspecified atom stereocenters. The van der Waals surface area contributed by atoms with Crippen LogP contribution in [0.5, 0.6) is 0 Å². The van der Waals surface area contributed by atoms with Crippen molar-refractivity contribution in [2.75, 3.05) is 13.2 Å². The summed E-state index contributed by atoms with van der Waals surface area (Å²) in [5, 5.41) is 10.7. The first-order valence-corrected chi connectivity index (χ1v) is 32.4. The van der Waals surface area contributed by atoms with Crippen LogP contribution in [0, 0.1) is 34.9 Å². The second kappa shape index (κ2) is 35.5. The fourth-order valence-corrected chi connectivity index (χ4v) is 14.4. The van der Waals surface area contributed by atoms with Crippen molar-refractivity contribution in [2.24, 2.45) is 4.30 Å². The van der Waals surface area contributed by atoms with Crippen molar-refractivity contribution in [1.29, 1.82) is 0 Å². The van der Waals surface area contributed by atoms with Gasteiger partial charge in [-0.25, -0.2) is 40.7 Å². The van der Waals surface area contributed by atoms with E-state index < -0.39 is 58.4 Å². The maximum Gasteiger partial charge on any atom is 1.00 e. The zero-order valence-corrected chi connectivity index (χ0v) is 58.3. The second-order valence-electron chi connectivity index (χ2n) is 18.7. The van der Waals surface area contributed by atoms with Gasteiger partial charge in [0.25, 0.3) is 0 Å². The number of carboxylic acid groups (broad SMARTS) is 1. The van der Waals surface area contributed by atoms with Crippen molar-refractivity contribution in [1.82, 2.24) is 28.7 Å². The standard InChI is InChI=1S/C22H14BrClF2N2O2S.C22H15ClF2N2O2S.C20H10BrClF2N2O2S.BHNS.Li.2H2O/c1-2-30-22(29)13-6-3-7-16(17(13)25)31-20-14-8-9-15(24)18(26)19(14)28(21(20)23)12-5-4-10-27-11-12;1-2-29-22(28)15-6-3-7-17(19(15)24)30-18-12-27(13-5-4-10-26-11-13)21-14(18)8-9-16(23)20(21)25;21-19-18(29-14-5-1-4-11(15(14)23)20(27)28)12-6-7-13(22)16(24)17(12)26(19)10-3-2-8-25-9-10;1-2-3;;;/h3-11H,2H2,1H3;3-12H,2H2,1H3;1-9H,(H,27,28);3H;;2*1H2/q;;;;+1;;/p-1. The maximum atomic E-state index is 15.1. The van der Waals surface area contributed by atoms with Crippen LogP contribution >= 0.6 is 115 Å². The molecule has 6 aromatic heterocycles. The molecule has 4 N–H and O–H groups in total. The van der Waals surface area contributed by atoms with Gasteiger partial charge in [0.05, 0.1) is 107 Å². The van der Waals surface area contributed by atoms with Gasteiger partial charge in [-0.05, 0) is 155 Å². The van der Waals surface area contributed by atoms with Crippen LogP contribution in [0.3, 0.4) is 0 Å². The molecule has 6 heterocycles. The zero-order valence-electron chi connectivity index (χ0n) is 49.6. The summed E-state index contributed by atoms with van der Waals surface area (Å²) in [6.07, 6.45) is 11.3. The minimum Gasteiger partial charge on any atom is -0.870 e. The molecule has 32 heteroatoms. The number of halogens is 11. The number of nitrogens with zero attached hydrogens (tertiary/aromatic N) is 7. The predicted molar refractivity (Wildman–Crippen MR) is 367 cm³/mol. The summed E-state index contributed by atoms with van der Waals surface area (Å²) in [5.74, 6) is -6.87. The number of benzene rings is 6. The number of aromatic nitrogens is 6. The Hall–Kier alpha value is -7.01. The monoisotopic (exact) mass is 1560 g/mol. The van der Waals surface area contributed by atoms with Crippen LogP contribution in [0.1, 0.15) is 44.9 Å². The van der Waals surface area contributed by atoms with Gasteiger partial charge >= 0.3 is 61.5 Å². The van der Waals surface area contributed by atoms with Crippen LogP contribution < -0.4 is 18.9 Å². The third-order valence-corrected chi connectivity index (χ3v) is 19.4. The van der Waals surface area contributed by atoms with E-state index >= 15 is 8.78 Å². The second-order valence-corrected chi connectivity index (χ2v) is 24.8. The molecule has 0 aliphatic rings. The summed E-state index contributed by atoms with van der Waals surface area (Å²) in [6.45, 7) is 3.59. The van der Waals surface area contributed by atoms with Gasteiger partial charge in [-0.2, -0.15) is 0 Å². The summed E-state index contributed by atoms with van der Waals surface area (Å²) in [4.78, 5) is 49.8. The van der Waals surface area contributed by atoms with Gasteiger partial charge in [0.15, 0.2) is 34.9 Å². The van der Waals surface area contributed by atoms with E-state index in [2.05, 4.69) is 71.6 Å². The minimum atomic E-state index is -1.36. The van der Waals surface area contributed by atoms with Crippen molar-refractivity contribution in [3.8, 4) is 17.1 Å².